The molecule has 1 heterocycles. The minimum atomic E-state index is -4.75. The fraction of sp³-hybridized carbons (Fsp3) is 0.400. The Morgan fingerprint density at radius 2 is 2.18 bits per heavy atom. The van der Waals surface area contributed by atoms with Gasteiger partial charge in [0.25, 0.3) is 0 Å². The van der Waals surface area contributed by atoms with Gasteiger partial charge in [0.05, 0.1) is 23.9 Å². The number of nitriles is 1. The molecule has 3 nitrogen and oxygen atoms in total. The Bertz CT molecular complexity index is 454. The Morgan fingerprint density at radius 1 is 1.53 bits per heavy atom. The zero-order valence-electron chi connectivity index (χ0n) is 8.81. The van der Waals surface area contributed by atoms with E-state index in [4.69, 9.17) is 5.26 Å². The van der Waals surface area contributed by atoms with Crippen LogP contribution < -0.4 is 4.74 Å². The summed E-state index contributed by atoms with van der Waals surface area (Å²) in [5.74, 6) is -0.309. The van der Waals surface area contributed by atoms with Gasteiger partial charge in [-0.15, -0.1) is 13.2 Å². The maximum absolute atomic E-state index is 12.2. The summed E-state index contributed by atoms with van der Waals surface area (Å²) in [6.45, 7) is 1.48. The highest BCUT2D eigenvalue weighted by atomic mass is 79.9. The molecule has 1 aromatic heterocycles. The number of rotatable bonds is 3. The normalized spacial score (nSPS) is 11.1. The monoisotopic (exact) mass is 308 g/mol. The molecule has 0 atom stereocenters. The van der Waals surface area contributed by atoms with Gasteiger partial charge in [0.15, 0.2) is 5.75 Å². The lowest BCUT2D eigenvalue weighted by Crippen LogP contribution is -2.19. The molecule has 0 aliphatic heterocycles. The standard InChI is InChI=1S/C10H8BrF3N2O/c1-6-4-7(2-3-15)16-8(5-11)9(6)17-10(12,13)14/h4H,2,5H2,1H3. The quantitative estimate of drug-likeness (QED) is 0.805. The van der Waals surface area contributed by atoms with Gasteiger partial charge in [-0.2, -0.15) is 5.26 Å². The minimum Gasteiger partial charge on any atom is -0.404 e. The Hall–Kier alpha value is -1.29. The number of pyridine rings is 1. The van der Waals surface area contributed by atoms with Gasteiger partial charge in [0.2, 0.25) is 0 Å². The molecule has 0 saturated carbocycles. The lowest BCUT2D eigenvalue weighted by Gasteiger charge is -2.14. The van der Waals surface area contributed by atoms with Crippen molar-refractivity contribution in [2.75, 3.05) is 0 Å². The second-order valence-corrected chi connectivity index (χ2v) is 3.78. The summed E-state index contributed by atoms with van der Waals surface area (Å²) in [7, 11) is 0. The van der Waals surface area contributed by atoms with Gasteiger partial charge in [-0.3, -0.25) is 4.98 Å². The Kier molecular flexibility index (Phi) is 4.34. The molecule has 17 heavy (non-hydrogen) atoms. The Balaban J connectivity index is 3.17. The summed E-state index contributed by atoms with van der Waals surface area (Å²) in [5, 5.41) is 8.64. The zero-order valence-corrected chi connectivity index (χ0v) is 10.4. The predicted octanol–water partition coefficient (Wildman–Crippen LogP) is 3.25. The van der Waals surface area contributed by atoms with Crippen LogP contribution in [0.4, 0.5) is 13.2 Å². The second-order valence-electron chi connectivity index (χ2n) is 3.22. The van der Waals surface area contributed by atoms with Crippen LogP contribution in [0, 0.1) is 18.3 Å². The lowest BCUT2D eigenvalue weighted by atomic mass is 10.1. The van der Waals surface area contributed by atoms with Crippen LogP contribution in [0.2, 0.25) is 0 Å². The second kappa shape index (κ2) is 5.36. The molecule has 92 valence electrons. The molecule has 0 unspecified atom stereocenters. The highest BCUT2D eigenvalue weighted by Gasteiger charge is 2.33. The first-order valence-corrected chi connectivity index (χ1v) is 5.67. The van der Waals surface area contributed by atoms with Gasteiger partial charge >= 0.3 is 6.36 Å². The van der Waals surface area contributed by atoms with Crippen molar-refractivity contribution in [2.45, 2.75) is 25.0 Å². The van der Waals surface area contributed by atoms with E-state index in [9.17, 15) is 13.2 Å². The van der Waals surface area contributed by atoms with Crippen molar-refractivity contribution in [3.63, 3.8) is 0 Å². The number of aryl methyl sites for hydroxylation is 1. The molecule has 1 rings (SSSR count). The maximum Gasteiger partial charge on any atom is 0.573 e. The number of hydrogen-bond acceptors (Lipinski definition) is 3. The number of hydrogen-bond donors (Lipinski definition) is 0. The SMILES string of the molecule is Cc1cc(CC#N)nc(CBr)c1OC(F)(F)F. The van der Waals surface area contributed by atoms with E-state index in [2.05, 4.69) is 25.7 Å². The molecule has 0 aliphatic rings. The molecule has 0 saturated heterocycles. The van der Waals surface area contributed by atoms with Crippen LogP contribution in [0.3, 0.4) is 0 Å². The maximum atomic E-state index is 12.2. The first-order chi connectivity index (χ1) is 7.87. The van der Waals surface area contributed by atoms with E-state index in [-0.39, 0.29) is 23.2 Å². The topological polar surface area (TPSA) is 45.9 Å². The molecule has 0 aliphatic carbocycles. The molecular weight excluding hydrogens is 301 g/mol. The van der Waals surface area contributed by atoms with E-state index in [1.54, 1.807) is 0 Å². The Labute approximate surface area is 104 Å². The van der Waals surface area contributed by atoms with E-state index < -0.39 is 6.36 Å². The van der Waals surface area contributed by atoms with Crippen LogP contribution in [0.15, 0.2) is 6.07 Å². The van der Waals surface area contributed by atoms with E-state index in [0.29, 0.717) is 11.3 Å². The van der Waals surface area contributed by atoms with E-state index in [0.717, 1.165) is 0 Å². The zero-order chi connectivity index (χ0) is 13.1. The molecule has 0 radical (unpaired) electrons. The van der Waals surface area contributed by atoms with Gasteiger partial charge < -0.3 is 4.74 Å². The van der Waals surface area contributed by atoms with Crippen molar-refractivity contribution in [3.8, 4) is 11.8 Å². The fourth-order valence-corrected chi connectivity index (χ4v) is 1.70. The van der Waals surface area contributed by atoms with Crippen molar-refractivity contribution in [3.05, 3.63) is 23.0 Å². The molecule has 0 fully saturated rings. The van der Waals surface area contributed by atoms with Crippen molar-refractivity contribution in [1.29, 1.82) is 5.26 Å². The summed E-state index contributed by atoms with van der Waals surface area (Å²) >= 11 is 3.04. The van der Waals surface area contributed by atoms with Crippen LogP contribution >= 0.6 is 15.9 Å². The average Bonchev–Trinajstić information content (AvgIpc) is 2.20. The molecule has 0 bridgehead atoms. The molecule has 0 aromatic carbocycles. The smallest absolute Gasteiger partial charge is 0.404 e. The van der Waals surface area contributed by atoms with E-state index in [1.165, 1.54) is 13.0 Å². The Morgan fingerprint density at radius 3 is 2.65 bits per heavy atom. The molecule has 0 N–H and O–H groups in total. The minimum absolute atomic E-state index is 0.0487. The van der Waals surface area contributed by atoms with Crippen molar-refractivity contribution in [2.24, 2.45) is 0 Å². The lowest BCUT2D eigenvalue weighted by molar-refractivity contribution is -0.275. The highest BCUT2D eigenvalue weighted by molar-refractivity contribution is 9.08. The molecule has 1 aromatic rings. The molecular formula is C10H8BrF3N2O. The molecule has 7 heteroatoms. The van der Waals surface area contributed by atoms with Gasteiger partial charge in [0.1, 0.15) is 0 Å². The van der Waals surface area contributed by atoms with Gasteiger partial charge in [-0.05, 0) is 18.6 Å². The summed E-state index contributed by atoms with van der Waals surface area (Å²) in [4.78, 5) is 3.93. The van der Waals surface area contributed by atoms with Gasteiger partial charge in [-0.25, -0.2) is 0 Å². The summed E-state index contributed by atoms with van der Waals surface area (Å²) in [6, 6.07) is 3.30. The van der Waals surface area contributed by atoms with Crippen LogP contribution in [0.1, 0.15) is 17.0 Å². The van der Waals surface area contributed by atoms with Crippen LogP contribution in [0.5, 0.6) is 5.75 Å². The first kappa shape index (κ1) is 13.8. The van der Waals surface area contributed by atoms with Crippen LogP contribution in [-0.4, -0.2) is 11.3 Å². The number of alkyl halides is 4. The summed E-state index contributed by atoms with van der Waals surface area (Å²) in [5.41, 5.74) is 0.860. The highest BCUT2D eigenvalue weighted by Crippen LogP contribution is 2.30. The van der Waals surface area contributed by atoms with Crippen molar-refractivity contribution < 1.29 is 17.9 Å². The van der Waals surface area contributed by atoms with Crippen LogP contribution in [0.25, 0.3) is 0 Å². The third kappa shape index (κ3) is 3.89. The molecule has 0 amide bonds. The number of halogens is 4. The van der Waals surface area contributed by atoms with E-state index >= 15 is 0 Å². The van der Waals surface area contributed by atoms with Crippen molar-refractivity contribution >= 4 is 15.9 Å². The fourth-order valence-electron chi connectivity index (χ4n) is 1.32. The number of ether oxygens (including phenoxy) is 1. The molecule has 0 spiro atoms. The number of aromatic nitrogens is 1. The van der Waals surface area contributed by atoms with Crippen LogP contribution in [-0.2, 0) is 11.8 Å². The van der Waals surface area contributed by atoms with Gasteiger partial charge in [-0.1, -0.05) is 15.9 Å². The summed E-state index contributed by atoms with van der Waals surface area (Å²) in [6.07, 6.45) is -4.70. The van der Waals surface area contributed by atoms with Gasteiger partial charge in [0, 0.05) is 5.33 Å². The number of nitrogens with zero attached hydrogens (tertiary/aromatic N) is 2. The third-order valence-electron chi connectivity index (χ3n) is 1.89. The largest absolute Gasteiger partial charge is 0.573 e. The first-order valence-electron chi connectivity index (χ1n) is 4.55. The average molecular weight is 309 g/mol. The predicted molar refractivity (Wildman–Crippen MR) is 57.6 cm³/mol. The van der Waals surface area contributed by atoms with Crippen molar-refractivity contribution in [1.82, 2.24) is 4.98 Å². The summed E-state index contributed by atoms with van der Waals surface area (Å²) < 4.78 is 40.4. The third-order valence-corrected chi connectivity index (χ3v) is 2.42. The van der Waals surface area contributed by atoms with E-state index in [1.807, 2.05) is 6.07 Å².